The summed E-state index contributed by atoms with van der Waals surface area (Å²) in [6.07, 6.45) is 4.49. The molecule has 2 heterocycles. The maximum atomic E-state index is 5.95. The summed E-state index contributed by atoms with van der Waals surface area (Å²) in [6.45, 7) is 6.08. The van der Waals surface area contributed by atoms with Gasteiger partial charge in [0, 0.05) is 31.7 Å². The van der Waals surface area contributed by atoms with Crippen molar-refractivity contribution in [1.82, 2.24) is 20.7 Å². The molecular weight excluding hydrogens is 228 g/mol. The Balaban J connectivity index is 2.14. The minimum atomic E-state index is 0.537. The number of nitrogen functional groups attached to an aromatic ring is 1. The third-order valence-corrected chi connectivity index (χ3v) is 3.32. The van der Waals surface area contributed by atoms with Crippen LogP contribution >= 0.6 is 0 Å². The lowest BCUT2D eigenvalue weighted by atomic mass is 10.1. The van der Waals surface area contributed by atoms with Gasteiger partial charge in [-0.2, -0.15) is 0 Å². The van der Waals surface area contributed by atoms with Gasteiger partial charge in [-0.15, -0.1) is 10.2 Å². The second kappa shape index (κ2) is 6.49. The molecule has 0 atom stereocenters. The van der Waals surface area contributed by atoms with Gasteiger partial charge in [-0.1, -0.05) is 19.8 Å². The lowest BCUT2D eigenvalue weighted by Crippen LogP contribution is -2.44. The van der Waals surface area contributed by atoms with Crippen LogP contribution in [0.25, 0.3) is 0 Å². The molecule has 2 rings (SSSR count). The fourth-order valence-corrected chi connectivity index (χ4v) is 2.27. The molecule has 0 saturated carbocycles. The van der Waals surface area contributed by atoms with Crippen LogP contribution in [0.5, 0.6) is 0 Å². The molecule has 0 aromatic carbocycles. The second-order valence-corrected chi connectivity index (χ2v) is 4.67. The van der Waals surface area contributed by atoms with Crippen molar-refractivity contribution in [1.29, 1.82) is 0 Å². The molecule has 0 radical (unpaired) electrons. The van der Waals surface area contributed by atoms with Crippen LogP contribution in [0.3, 0.4) is 0 Å². The minimum Gasteiger partial charge on any atom is -0.382 e. The van der Waals surface area contributed by atoms with Gasteiger partial charge in [0.05, 0.1) is 0 Å². The smallest absolute Gasteiger partial charge is 0.160 e. The monoisotopic (exact) mass is 250 g/mol. The van der Waals surface area contributed by atoms with Crippen LogP contribution in [-0.4, -0.2) is 41.6 Å². The van der Waals surface area contributed by atoms with Gasteiger partial charge >= 0.3 is 0 Å². The number of hydrogen-bond acceptors (Lipinski definition) is 6. The first kappa shape index (κ1) is 13.0. The van der Waals surface area contributed by atoms with E-state index in [4.69, 9.17) is 5.73 Å². The van der Waals surface area contributed by atoms with Crippen molar-refractivity contribution in [3.8, 4) is 0 Å². The van der Waals surface area contributed by atoms with Crippen LogP contribution in [0.2, 0.25) is 0 Å². The summed E-state index contributed by atoms with van der Waals surface area (Å²) in [7, 11) is 0. The average Bonchev–Trinajstić information content (AvgIpc) is 2.42. The fourth-order valence-electron chi connectivity index (χ4n) is 2.27. The second-order valence-electron chi connectivity index (χ2n) is 4.67. The molecule has 1 aromatic heterocycles. The average molecular weight is 250 g/mol. The number of nitrogens with zero attached hydrogens (tertiary/aromatic N) is 4. The number of hydrogen-bond donors (Lipinski definition) is 2. The molecule has 3 N–H and O–H groups in total. The van der Waals surface area contributed by atoms with Crippen molar-refractivity contribution in [3.05, 3.63) is 5.56 Å². The van der Waals surface area contributed by atoms with E-state index in [1.54, 1.807) is 0 Å². The van der Waals surface area contributed by atoms with Gasteiger partial charge in [-0.3, -0.25) is 0 Å². The van der Waals surface area contributed by atoms with Crippen LogP contribution in [0, 0.1) is 0 Å². The van der Waals surface area contributed by atoms with E-state index in [1.807, 2.05) is 0 Å². The summed E-state index contributed by atoms with van der Waals surface area (Å²) in [5.41, 5.74) is 7.02. The summed E-state index contributed by atoms with van der Waals surface area (Å²) in [5.74, 6) is 1.47. The van der Waals surface area contributed by atoms with Crippen molar-refractivity contribution in [2.75, 3.05) is 36.8 Å². The zero-order valence-electron chi connectivity index (χ0n) is 11.0. The van der Waals surface area contributed by atoms with Crippen LogP contribution < -0.4 is 16.0 Å². The number of nitrogens with one attached hydrogen (secondary N) is 1. The molecule has 6 nitrogen and oxygen atoms in total. The molecule has 0 spiro atoms. The Morgan fingerprint density at radius 2 is 2.00 bits per heavy atom. The van der Waals surface area contributed by atoms with Gasteiger partial charge in [-0.05, 0) is 18.1 Å². The topological polar surface area (TPSA) is 80.0 Å². The third-order valence-electron chi connectivity index (χ3n) is 3.32. The molecule has 0 unspecified atom stereocenters. The third kappa shape index (κ3) is 3.07. The number of anilines is 2. The van der Waals surface area contributed by atoms with Gasteiger partial charge in [0.25, 0.3) is 0 Å². The van der Waals surface area contributed by atoms with Crippen LogP contribution in [0.1, 0.15) is 31.7 Å². The molecular formula is C12H22N6. The molecule has 1 saturated heterocycles. The van der Waals surface area contributed by atoms with E-state index in [2.05, 4.69) is 32.6 Å². The predicted octanol–water partition coefficient (Wildman–Crippen LogP) is 0.596. The Hall–Kier alpha value is -1.43. The molecule has 1 fully saturated rings. The summed E-state index contributed by atoms with van der Waals surface area (Å²) in [5, 5.41) is 15.2. The van der Waals surface area contributed by atoms with E-state index in [-0.39, 0.29) is 0 Å². The number of rotatable bonds is 5. The molecule has 0 bridgehead atoms. The van der Waals surface area contributed by atoms with E-state index < -0.39 is 0 Å². The Kier molecular flexibility index (Phi) is 4.69. The van der Waals surface area contributed by atoms with Gasteiger partial charge in [0.1, 0.15) is 0 Å². The number of unbranched alkanes of at least 4 members (excludes halogenated alkanes) is 2. The standard InChI is InChI=1S/C12H22N6/c1-2-3-4-5-10-11(13)15-17-16-12(10)18-8-6-14-7-9-18/h14H,2-9H2,1H3,(H2,13,15,16). The molecule has 6 heteroatoms. The van der Waals surface area contributed by atoms with Gasteiger partial charge in [0.15, 0.2) is 11.6 Å². The highest BCUT2D eigenvalue weighted by Gasteiger charge is 2.18. The van der Waals surface area contributed by atoms with Crippen molar-refractivity contribution in [2.45, 2.75) is 32.6 Å². The molecule has 1 aromatic rings. The SMILES string of the molecule is CCCCCc1c(N)nnnc1N1CCNCC1. The zero-order valence-corrected chi connectivity index (χ0v) is 11.0. The largest absolute Gasteiger partial charge is 0.382 e. The Morgan fingerprint density at radius 3 is 2.72 bits per heavy atom. The van der Waals surface area contributed by atoms with E-state index in [0.29, 0.717) is 5.82 Å². The Labute approximate surface area is 108 Å². The van der Waals surface area contributed by atoms with E-state index >= 15 is 0 Å². The van der Waals surface area contributed by atoms with Crippen LogP contribution in [-0.2, 0) is 6.42 Å². The quantitative estimate of drug-likeness (QED) is 0.745. The van der Waals surface area contributed by atoms with Gasteiger partial charge in [-0.25, -0.2) is 0 Å². The fraction of sp³-hybridized carbons (Fsp3) is 0.750. The minimum absolute atomic E-state index is 0.537. The molecule has 0 amide bonds. The summed E-state index contributed by atoms with van der Waals surface area (Å²) in [4.78, 5) is 2.25. The van der Waals surface area contributed by atoms with Gasteiger partial charge < -0.3 is 16.0 Å². The van der Waals surface area contributed by atoms with Gasteiger partial charge in [0.2, 0.25) is 0 Å². The highest BCUT2D eigenvalue weighted by Crippen LogP contribution is 2.23. The van der Waals surface area contributed by atoms with E-state index in [1.165, 1.54) is 12.8 Å². The maximum Gasteiger partial charge on any atom is 0.160 e. The highest BCUT2D eigenvalue weighted by atomic mass is 15.4. The number of aromatic nitrogens is 3. The molecule has 0 aliphatic carbocycles. The molecule has 18 heavy (non-hydrogen) atoms. The maximum absolute atomic E-state index is 5.95. The molecule has 1 aliphatic heterocycles. The van der Waals surface area contributed by atoms with Crippen molar-refractivity contribution in [3.63, 3.8) is 0 Å². The number of nitrogens with two attached hydrogens (primary N) is 1. The lowest BCUT2D eigenvalue weighted by molar-refractivity contribution is 0.577. The lowest BCUT2D eigenvalue weighted by Gasteiger charge is -2.29. The summed E-state index contributed by atoms with van der Waals surface area (Å²) < 4.78 is 0. The van der Waals surface area contributed by atoms with Crippen molar-refractivity contribution >= 4 is 11.6 Å². The van der Waals surface area contributed by atoms with E-state index in [9.17, 15) is 0 Å². The van der Waals surface area contributed by atoms with E-state index in [0.717, 1.165) is 50.4 Å². The van der Waals surface area contributed by atoms with Crippen LogP contribution in [0.15, 0.2) is 0 Å². The predicted molar refractivity (Wildman–Crippen MR) is 72.6 cm³/mol. The summed E-state index contributed by atoms with van der Waals surface area (Å²) >= 11 is 0. The first-order valence-corrected chi connectivity index (χ1v) is 6.76. The van der Waals surface area contributed by atoms with Crippen LogP contribution in [0.4, 0.5) is 11.6 Å². The molecule has 1 aliphatic rings. The zero-order chi connectivity index (χ0) is 12.8. The normalized spacial score (nSPS) is 15.9. The molecule has 100 valence electrons. The number of piperazine rings is 1. The van der Waals surface area contributed by atoms with Crippen molar-refractivity contribution < 1.29 is 0 Å². The van der Waals surface area contributed by atoms with Crippen molar-refractivity contribution in [2.24, 2.45) is 0 Å². The first-order valence-electron chi connectivity index (χ1n) is 6.76. The Morgan fingerprint density at radius 1 is 1.22 bits per heavy atom. The first-order chi connectivity index (χ1) is 8.83. The summed E-state index contributed by atoms with van der Waals surface area (Å²) in [6, 6.07) is 0. The Bertz CT molecular complexity index is 375. The highest BCUT2D eigenvalue weighted by molar-refractivity contribution is 5.56.